The van der Waals surface area contributed by atoms with Gasteiger partial charge in [0, 0.05) is 23.9 Å². The molecular formula is C15H21NO. The average molecular weight is 231 g/mol. The molecule has 1 aromatic rings. The van der Waals surface area contributed by atoms with E-state index in [-0.39, 0.29) is 5.92 Å². The van der Waals surface area contributed by atoms with E-state index in [1.165, 1.54) is 6.42 Å². The van der Waals surface area contributed by atoms with Gasteiger partial charge in [-0.05, 0) is 49.7 Å². The van der Waals surface area contributed by atoms with Crippen molar-refractivity contribution in [3.8, 4) is 0 Å². The highest BCUT2D eigenvalue weighted by Gasteiger charge is 2.29. The number of nitrogens with zero attached hydrogens (tertiary/aromatic N) is 1. The van der Waals surface area contributed by atoms with E-state index < -0.39 is 0 Å². The Morgan fingerprint density at radius 2 is 1.82 bits per heavy atom. The molecule has 1 heterocycles. The summed E-state index contributed by atoms with van der Waals surface area (Å²) in [5.74, 6) is 1.84. The summed E-state index contributed by atoms with van der Waals surface area (Å²) in [6.45, 7) is 6.49. The number of ketones is 1. The second-order valence-corrected chi connectivity index (χ2v) is 5.73. The maximum Gasteiger partial charge on any atom is 0.167 e. The fourth-order valence-electron chi connectivity index (χ4n) is 3.09. The van der Waals surface area contributed by atoms with Gasteiger partial charge in [-0.25, -0.2) is 0 Å². The molecule has 92 valence electrons. The van der Waals surface area contributed by atoms with Crippen molar-refractivity contribution in [3.63, 3.8) is 0 Å². The second kappa shape index (κ2) is 4.99. The van der Waals surface area contributed by atoms with Gasteiger partial charge >= 0.3 is 0 Å². The Kier molecular flexibility index (Phi) is 3.60. The first-order valence-electron chi connectivity index (χ1n) is 6.52. The van der Waals surface area contributed by atoms with Crippen molar-refractivity contribution in [3.05, 3.63) is 29.6 Å². The molecule has 2 atom stereocenters. The molecule has 2 rings (SSSR count). The number of Topliss-reactive ketones (excluding diaryl/α,β-unsaturated/α-hetero) is 1. The second-order valence-electron chi connectivity index (χ2n) is 5.73. The quantitative estimate of drug-likeness (QED) is 0.727. The Morgan fingerprint density at radius 1 is 1.18 bits per heavy atom. The minimum Gasteiger partial charge on any atom is -0.294 e. The molecule has 17 heavy (non-hydrogen) atoms. The number of hydrogen-bond acceptors (Lipinski definition) is 2. The highest BCUT2D eigenvalue weighted by Crippen LogP contribution is 2.34. The monoisotopic (exact) mass is 231 g/mol. The maximum atomic E-state index is 12.4. The first-order chi connectivity index (χ1) is 8.06. The maximum absolute atomic E-state index is 12.4. The SMILES string of the molecule is Cc1cncc(C(=O)C2CC(C)CC(C)C2)c1. The van der Waals surface area contributed by atoms with Crippen molar-refractivity contribution in [2.24, 2.45) is 17.8 Å². The summed E-state index contributed by atoms with van der Waals surface area (Å²) in [5, 5.41) is 0. The molecule has 1 aromatic heterocycles. The lowest BCUT2D eigenvalue weighted by molar-refractivity contribution is 0.0835. The van der Waals surface area contributed by atoms with E-state index in [1.54, 1.807) is 12.4 Å². The minimum absolute atomic E-state index is 0.206. The van der Waals surface area contributed by atoms with Crippen LogP contribution in [0, 0.1) is 24.7 Å². The molecule has 0 N–H and O–H groups in total. The van der Waals surface area contributed by atoms with Crippen LogP contribution in [0.2, 0.25) is 0 Å². The Labute approximate surface area is 103 Å². The van der Waals surface area contributed by atoms with Gasteiger partial charge in [-0.15, -0.1) is 0 Å². The lowest BCUT2D eigenvalue weighted by Gasteiger charge is -2.30. The lowest BCUT2D eigenvalue weighted by atomic mass is 9.74. The van der Waals surface area contributed by atoms with E-state index in [0.717, 1.165) is 24.0 Å². The standard InChI is InChI=1S/C15H21NO/c1-10-4-11(2)6-13(5-10)15(17)14-7-12(3)8-16-9-14/h7-11,13H,4-6H2,1-3H3. The molecule has 0 saturated heterocycles. The number of rotatable bonds is 2. The number of carbonyl (C=O) groups excluding carboxylic acids is 1. The van der Waals surface area contributed by atoms with Gasteiger partial charge in [-0.1, -0.05) is 13.8 Å². The minimum atomic E-state index is 0.206. The molecule has 2 unspecified atom stereocenters. The molecule has 2 nitrogen and oxygen atoms in total. The number of carbonyl (C=O) groups is 1. The topological polar surface area (TPSA) is 30.0 Å². The average Bonchev–Trinajstić information content (AvgIpc) is 2.26. The Morgan fingerprint density at radius 3 is 2.41 bits per heavy atom. The summed E-state index contributed by atoms with van der Waals surface area (Å²) in [7, 11) is 0. The molecule has 0 aromatic carbocycles. The van der Waals surface area contributed by atoms with Gasteiger partial charge in [-0.3, -0.25) is 9.78 Å². The van der Waals surface area contributed by atoms with Gasteiger partial charge in [0.1, 0.15) is 0 Å². The summed E-state index contributed by atoms with van der Waals surface area (Å²) in [4.78, 5) is 16.5. The van der Waals surface area contributed by atoms with Crippen molar-refractivity contribution in [2.75, 3.05) is 0 Å². The molecule has 1 aliphatic carbocycles. The van der Waals surface area contributed by atoms with E-state index in [1.807, 2.05) is 13.0 Å². The number of pyridine rings is 1. The third-order valence-corrected chi connectivity index (χ3v) is 3.71. The number of aromatic nitrogens is 1. The molecule has 1 fully saturated rings. The smallest absolute Gasteiger partial charge is 0.167 e. The van der Waals surface area contributed by atoms with Gasteiger partial charge in [-0.2, -0.15) is 0 Å². The molecular weight excluding hydrogens is 210 g/mol. The van der Waals surface area contributed by atoms with Crippen LogP contribution in [-0.4, -0.2) is 10.8 Å². The van der Waals surface area contributed by atoms with Gasteiger partial charge in [0.2, 0.25) is 0 Å². The highest BCUT2D eigenvalue weighted by molar-refractivity contribution is 5.97. The Bertz CT molecular complexity index is 403. The largest absolute Gasteiger partial charge is 0.294 e. The molecule has 0 aliphatic heterocycles. The predicted molar refractivity (Wildman–Crippen MR) is 69.0 cm³/mol. The van der Waals surface area contributed by atoms with Crippen molar-refractivity contribution in [1.82, 2.24) is 4.98 Å². The van der Waals surface area contributed by atoms with Crippen LogP contribution in [0.15, 0.2) is 18.5 Å². The summed E-state index contributed by atoms with van der Waals surface area (Å²) < 4.78 is 0. The van der Waals surface area contributed by atoms with Gasteiger partial charge in [0.25, 0.3) is 0 Å². The predicted octanol–water partition coefficient (Wildman–Crippen LogP) is 3.65. The van der Waals surface area contributed by atoms with Crippen LogP contribution in [0.1, 0.15) is 49.0 Å². The van der Waals surface area contributed by atoms with Crippen molar-refractivity contribution < 1.29 is 4.79 Å². The fraction of sp³-hybridized carbons (Fsp3) is 0.600. The van der Waals surface area contributed by atoms with Crippen LogP contribution in [0.4, 0.5) is 0 Å². The van der Waals surface area contributed by atoms with Crippen molar-refractivity contribution in [2.45, 2.75) is 40.0 Å². The first-order valence-corrected chi connectivity index (χ1v) is 6.52. The van der Waals surface area contributed by atoms with Crippen molar-refractivity contribution >= 4 is 5.78 Å². The Balaban J connectivity index is 2.14. The zero-order valence-corrected chi connectivity index (χ0v) is 10.9. The molecule has 0 radical (unpaired) electrons. The normalized spacial score (nSPS) is 29.0. The number of hydrogen-bond donors (Lipinski definition) is 0. The van der Waals surface area contributed by atoms with Crippen LogP contribution < -0.4 is 0 Å². The van der Waals surface area contributed by atoms with E-state index in [0.29, 0.717) is 17.6 Å². The Hall–Kier alpha value is -1.18. The van der Waals surface area contributed by atoms with E-state index in [2.05, 4.69) is 18.8 Å². The highest BCUT2D eigenvalue weighted by atomic mass is 16.1. The van der Waals surface area contributed by atoms with Crippen LogP contribution in [0.3, 0.4) is 0 Å². The molecule has 0 spiro atoms. The van der Waals surface area contributed by atoms with E-state index >= 15 is 0 Å². The fourth-order valence-corrected chi connectivity index (χ4v) is 3.09. The van der Waals surface area contributed by atoms with Gasteiger partial charge in [0.15, 0.2) is 5.78 Å². The first kappa shape index (κ1) is 12.3. The molecule has 1 aliphatic rings. The van der Waals surface area contributed by atoms with Gasteiger partial charge in [0.05, 0.1) is 0 Å². The zero-order chi connectivity index (χ0) is 12.4. The van der Waals surface area contributed by atoms with E-state index in [4.69, 9.17) is 0 Å². The third-order valence-electron chi connectivity index (χ3n) is 3.71. The van der Waals surface area contributed by atoms with Crippen LogP contribution in [-0.2, 0) is 0 Å². The van der Waals surface area contributed by atoms with Crippen LogP contribution >= 0.6 is 0 Å². The molecule has 2 heteroatoms. The summed E-state index contributed by atoms with van der Waals surface area (Å²) >= 11 is 0. The molecule has 1 saturated carbocycles. The van der Waals surface area contributed by atoms with Crippen molar-refractivity contribution in [1.29, 1.82) is 0 Å². The summed E-state index contributed by atoms with van der Waals surface area (Å²) in [6, 6.07) is 1.96. The zero-order valence-electron chi connectivity index (χ0n) is 10.9. The molecule has 0 bridgehead atoms. The van der Waals surface area contributed by atoms with Crippen LogP contribution in [0.25, 0.3) is 0 Å². The third kappa shape index (κ3) is 2.93. The summed E-state index contributed by atoms with van der Waals surface area (Å²) in [6.07, 6.45) is 6.84. The number of aryl methyl sites for hydroxylation is 1. The molecule has 0 amide bonds. The van der Waals surface area contributed by atoms with E-state index in [9.17, 15) is 4.79 Å². The summed E-state index contributed by atoms with van der Waals surface area (Å²) in [5.41, 5.74) is 1.85. The van der Waals surface area contributed by atoms with Gasteiger partial charge < -0.3 is 0 Å². The van der Waals surface area contributed by atoms with Crippen LogP contribution in [0.5, 0.6) is 0 Å². The lowest BCUT2D eigenvalue weighted by Crippen LogP contribution is -2.26.